The molecule has 0 aromatic carbocycles. The van der Waals surface area contributed by atoms with Crippen LogP contribution in [0.4, 0.5) is 5.82 Å². The Balaban J connectivity index is 2.11. The summed E-state index contributed by atoms with van der Waals surface area (Å²) in [5, 5.41) is 3.53. The van der Waals surface area contributed by atoms with E-state index in [-0.39, 0.29) is 0 Å². The van der Waals surface area contributed by atoms with Gasteiger partial charge in [-0.1, -0.05) is 26.1 Å². The summed E-state index contributed by atoms with van der Waals surface area (Å²) in [7, 11) is 0. The lowest BCUT2D eigenvalue weighted by Gasteiger charge is -2.35. The summed E-state index contributed by atoms with van der Waals surface area (Å²) < 4.78 is 0. The number of aromatic nitrogens is 1. The molecule has 0 bridgehead atoms. The van der Waals surface area contributed by atoms with Crippen molar-refractivity contribution in [3.8, 4) is 0 Å². The average molecular weight is 277 g/mol. The molecule has 1 aromatic rings. The van der Waals surface area contributed by atoms with E-state index < -0.39 is 0 Å². The molecule has 2 rings (SSSR count). The number of nitrogens with zero attached hydrogens (tertiary/aromatic N) is 1. The molecular formula is C15H23N3S. The van der Waals surface area contributed by atoms with Crippen molar-refractivity contribution in [2.24, 2.45) is 11.1 Å². The third-order valence-corrected chi connectivity index (χ3v) is 4.20. The van der Waals surface area contributed by atoms with E-state index in [1.807, 2.05) is 19.1 Å². The van der Waals surface area contributed by atoms with E-state index in [0.29, 0.717) is 16.4 Å². The summed E-state index contributed by atoms with van der Waals surface area (Å²) >= 11 is 5.09. The van der Waals surface area contributed by atoms with Crippen LogP contribution in [0, 0.1) is 12.3 Å². The standard InChI is InChI=1S/C15H23N3S/c1-10-4-5-12(13(16)19)14(17-10)18-11-6-8-15(2,3)9-7-11/h4-5,11H,6-9H2,1-3H3,(H2,16,19)(H,17,18). The fourth-order valence-corrected chi connectivity index (χ4v) is 2.77. The zero-order valence-corrected chi connectivity index (χ0v) is 12.8. The number of pyridine rings is 1. The molecule has 1 saturated carbocycles. The molecule has 0 atom stereocenters. The van der Waals surface area contributed by atoms with Gasteiger partial charge in [0, 0.05) is 11.7 Å². The van der Waals surface area contributed by atoms with Gasteiger partial charge in [0.15, 0.2) is 0 Å². The van der Waals surface area contributed by atoms with Crippen molar-refractivity contribution in [2.45, 2.75) is 52.5 Å². The van der Waals surface area contributed by atoms with E-state index in [4.69, 9.17) is 18.0 Å². The van der Waals surface area contributed by atoms with Crippen molar-refractivity contribution in [2.75, 3.05) is 5.32 Å². The molecule has 1 aliphatic carbocycles. The number of nitrogens with one attached hydrogen (secondary N) is 1. The minimum Gasteiger partial charge on any atom is -0.389 e. The summed E-state index contributed by atoms with van der Waals surface area (Å²) in [6.07, 6.45) is 4.86. The van der Waals surface area contributed by atoms with Crippen LogP contribution in [0.25, 0.3) is 0 Å². The van der Waals surface area contributed by atoms with Gasteiger partial charge in [0.25, 0.3) is 0 Å². The largest absolute Gasteiger partial charge is 0.389 e. The summed E-state index contributed by atoms with van der Waals surface area (Å²) in [6, 6.07) is 4.39. The average Bonchev–Trinajstić information content (AvgIpc) is 2.31. The van der Waals surface area contributed by atoms with Crippen LogP contribution >= 0.6 is 12.2 Å². The number of hydrogen-bond acceptors (Lipinski definition) is 3. The molecule has 1 heterocycles. The minimum absolute atomic E-state index is 0.408. The summed E-state index contributed by atoms with van der Waals surface area (Å²) in [5.74, 6) is 0.845. The SMILES string of the molecule is Cc1ccc(C(N)=S)c(NC2CCC(C)(C)CC2)n1. The van der Waals surface area contributed by atoms with Gasteiger partial charge < -0.3 is 11.1 Å². The van der Waals surface area contributed by atoms with Gasteiger partial charge in [-0.3, -0.25) is 0 Å². The Hall–Kier alpha value is -1.16. The maximum Gasteiger partial charge on any atom is 0.136 e. The molecule has 0 saturated heterocycles. The van der Waals surface area contributed by atoms with Gasteiger partial charge in [-0.05, 0) is 50.2 Å². The summed E-state index contributed by atoms with van der Waals surface area (Å²) in [6.45, 7) is 6.67. The van der Waals surface area contributed by atoms with E-state index in [0.717, 1.165) is 17.1 Å². The Kier molecular flexibility index (Phi) is 4.09. The van der Waals surface area contributed by atoms with Crippen molar-refractivity contribution in [3.05, 3.63) is 23.4 Å². The second kappa shape index (κ2) is 5.45. The van der Waals surface area contributed by atoms with E-state index in [9.17, 15) is 0 Å². The van der Waals surface area contributed by atoms with Gasteiger partial charge in [0.05, 0.1) is 5.56 Å². The number of rotatable bonds is 3. The molecule has 3 N–H and O–H groups in total. The van der Waals surface area contributed by atoms with Crippen LogP contribution in [0.3, 0.4) is 0 Å². The van der Waals surface area contributed by atoms with Crippen LogP contribution in [-0.4, -0.2) is 16.0 Å². The van der Waals surface area contributed by atoms with Crippen molar-refractivity contribution in [1.29, 1.82) is 0 Å². The molecule has 1 fully saturated rings. The number of hydrogen-bond donors (Lipinski definition) is 2. The molecule has 0 radical (unpaired) electrons. The molecule has 4 heteroatoms. The van der Waals surface area contributed by atoms with Gasteiger partial charge in [-0.2, -0.15) is 0 Å². The lowest BCUT2D eigenvalue weighted by atomic mass is 9.75. The lowest BCUT2D eigenvalue weighted by Crippen LogP contribution is -2.31. The third-order valence-electron chi connectivity index (χ3n) is 3.98. The highest BCUT2D eigenvalue weighted by Gasteiger charge is 2.27. The molecule has 0 aliphatic heterocycles. The highest BCUT2D eigenvalue weighted by Crippen LogP contribution is 2.36. The molecule has 1 aliphatic rings. The highest BCUT2D eigenvalue weighted by molar-refractivity contribution is 7.80. The van der Waals surface area contributed by atoms with Crippen molar-refractivity contribution in [1.82, 2.24) is 4.98 Å². The van der Waals surface area contributed by atoms with Crippen LogP contribution < -0.4 is 11.1 Å². The van der Waals surface area contributed by atoms with Crippen molar-refractivity contribution >= 4 is 23.0 Å². The van der Waals surface area contributed by atoms with E-state index in [1.165, 1.54) is 25.7 Å². The predicted molar refractivity (Wildman–Crippen MR) is 84.5 cm³/mol. The number of thiocarbonyl (C=S) groups is 1. The first-order valence-corrected chi connectivity index (χ1v) is 7.32. The van der Waals surface area contributed by atoms with Gasteiger partial charge in [0.2, 0.25) is 0 Å². The van der Waals surface area contributed by atoms with Crippen molar-refractivity contribution in [3.63, 3.8) is 0 Å². The fraction of sp³-hybridized carbons (Fsp3) is 0.600. The third kappa shape index (κ3) is 3.66. The molecule has 3 nitrogen and oxygen atoms in total. The molecule has 1 aromatic heterocycles. The van der Waals surface area contributed by atoms with Crippen LogP contribution in [0.15, 0.2) is 12.1 Å². The van der Waals surface area contributed by atoms with Crippen molar-refractivity contribution < 1.29 is 0 Å². The van der Waals surface area contributed by atoms with Gasteiger partial charge in [0.1, 0.15) is 10.8 Å². The maximum atomic E-state index is 5.76. The fourth-order valence-electron chi connectivity index (χ4n) is 2.60. The topological polar surface area (TPSA) is 50.9 Å². The monoisotopic (exact) mass is 277 g/mol. The first-order valence-electron chi connectivity index (χ1n) is 6.91. The van der Waals surface area contributed by atoms with Crippen LogP contribution in [0.1, 0.15) is 50.8 Å². The molecule has 104 valence electrons. The van der Waals surface area contributed by atoms with Gasteiger partial charge in [-0.15, -0.1) is 0 Å². The zero-order chi connectivity index (χ0) is 14.0. The number of nitrogens with two attached hydrogens (primary N) is 1. The Labute approximate surface area is 121 Å². The number of aryl methyl sites for hydroxylation is 1. The second-order valence-corrected chi connectivity index (χ2v) is 6.74. The first-order chi connectivity index (χ1) is 8.87. The molecule has 0 amide bonds. The van der Waals surface area contributed by atoms with Gasteiger partial charge in [-0.25, -0.2) is 4.98 Å². The Morgan fingerprint density at radius 1 is 1.37 bits per heavy atom. The Morgan fingerprint density at radius 2 is 2.00 bits per heavy atom. The molecule has 0 unspecified atom stereocenters. The van der Waals surface area contributed by atoms with Crippen LogP contribution in [0.2, 0.25) is 0 Å². The van der Waals surface area contributed by atoms with Gasteiger partial charge >= 0.3 is 0 Å². The molecular weight excluding hydrogens is 254 g/mol. The first kappa shape index (κ1) is 14.3. The summed E-state index contributed by atoms with van der Waals surface area (Å²) in [4.78, 5) is 4.95. The highest BCUT2D eigenvalue weighted by atomic mass is 32.1. The van der Waals surface area contributed by atoms with E-state index >= 15 is 0 Å². The second-order valence-electron chi connectivity index (χ2n) is 6.30. The van der Waals surface area contributed by atoms with Crippen LogP contribution in [-0.2, 0) is 0 Å². The van der Waals surface area contributed by atoms with Crippen LogP contribution in [0.5, 0.6) is 0 Å². The predicted octanol–water partition coefficient (Wildman–Crippen LogP) is 3.40. The van der Waals surface area contributed by atoms with E-state index in [1.54, 1.807) is 0 Å². The Morgan fingerprint density at radius 3 is 2.58 bits per heavy atom. The zero-order valence-electron chi connectivity index (χ0n) is 12.0. The Bertz CT molecular complexity index is 472. The normalized spacial score (nSPS) is 19.1. The quantitative estimate of drug-likeness (QED) is 0.831. The number of anilines is 1. The maximum absolute atomic E-state index is 5.76. The smallest absolute Gasteiger partial charge is 0.136 e. The molecule has 0 spiro atoms. The molecule has 19 heavy (non-hydrogen) atoms. The lowest BCUT2D eigenvalue weighted by molar-refractivity contribution is 0.232. The minimum atomic E-state index is 0.408. The summed E-state index contributed by atoms with van der Waals surface area (Å²) in [5.41, 5.74) is 8.08. The van der Waals surface area contributed by atoms with E-state index in [2.05, 4.69) is 24.1 Å².